The van der Waals surface area contributed by atoms with Crippen molar-refractivity contribution < 1.29 is 114 Å². The summed E-state index contributed by atoms with van der Waals surface area (Å²) in [5, 5.41) is 101. The summed E-state index contributed by atoms with van der Waals surface area (Å²) in [6.45, 7) is -19.8. The SMILES string of the molecule is [2H]C(O)(CNC(C([2H])([2H])[2H])C([2H])([2H])[2H])COc1cccc2ccccc12.[2H]C(O)(CNC(C)C([2H])([2H])[2H])COc1cccc2ccccc12.[2H]C(O)(CNC(C)C)COc1cccc2ccccc12.[2H]C([2H])([2H])C(C)NC([2H])([2H])C(O)COc1cccc2ccccc12.[2H]C([2H])([2H])C(C)NCC(O)C([2H])([2H])Oc1cccc2ccccc12.[2H]C([2H])([2H])C(C)NCC(O)COc1cccc2ccccc12.[2H]C([2H])([2H])C(NCC(O)C([2H])([2H])Oc1cccc2ccccc12)C([2H])([2H])[2H]. The van der Waals surface area contributed by atoms with Crippen molar-refractivity contribution in [1.82, 2.24) is 37.2 Å². The van der Waals surface area contributed by atoms with Crippen LogP contribution in [0.15, 0.2) is 297 Å². The van der Waals surface area contributed by atoms with Crippen LogP contribution in [0.2, 0.25) is 0 Å². The van der Waals surface area contributed by atoms with Crippen molar-refractivity contribution in [3.05, 3.63) is 297 Å². The number of ether oxygens (including phenoxy) is 7. The van der Waals surface area contributed by atoms with E-state index in [0.29, 0.717) is 39.9 Å². The van der Waals surface area contributed by atoms with Crippen LogP contribution in [0.4, 0.5) is 0 Å². The fourth-order valence-corrected chi connectivity index (χ4v) is 12.5. The first kappa shape index (κ1) is 68.0. The highest BCUT2D eigenvalue weighted by Crippen LogP contribution is 2.32. The van der Waals surface area contributed by atoms with Gasteiger partial charge in [-0.15, -0.1) is 0 Å². The van der Waals surface area contributed by atoms with Crippen molar-refractivity contribution in [2.75, 3.05) is 91.9 Å². The first-order chi connectivity index (χ1) is 77.0. The molecule has 14 rings (SSSR count). The molecule has 0 aromatic heterocycles. The molecule has 21 nitrogen and oxygen atoms in total. The molecular formula is C112H147N7O14. The van der Waals surface area contributed by atoms with Gasteiger partial charge in [0.05, 0.1) is 9.60 Å². The lowest BCUT2D eigenvalue weighted by molar-refractivity contribution is 0.105. The Kier molecular flexibility index (Phi) is 30.4. The molecule has 0 radical (unpaired) electrons. The Hall–Kier alpha value is -11.1. The van der Waals surface area contributed by atoms with Crippen LogP contribution in [0.3, 0.4) is 0 Å². The zero-order chi connectivity index (χ0) is 124. The van der Waals surface area contributed by atoms with Gasteiger partial charge in [0.25, 0.3) is 0 Å². The van der Waals surface area contributed by atoms with Gasteiger partial charge >= 0.3 is 0 Å². The number of nitrogens with one attached hydrogen (secondary N) is 7. The van der Waals surface area contributed by atoms with E-state index in [1.54, 1.807) is 67.6 Å². The molecule has 14 aromatic carbocycles. The Balaban J connectivity index is 0.000000234. The summed E-state index contributed by atoms with van der Waals surface area (Å²) >= 11 is 0. The van der Waals surface area contributed by atoms with Gasteiger partial charge in [-0.3, -0.25) is 0 Å². The van der Waals surface area contributed by atoms with Crippen molar-refractivity contribution in [3.63, 3.8) is 0 Å². The monoisotopic (exact) mass is 1850 g/mol. The molecule has 14 N–H and O–H groups in total. The third-order valence-electron chi connectivity index (χ3n) is 19.0. The van der Waals surface area contributed by atoms with Gasteiger partial charge in [-0.05, 0) is 80.2 Å². The normalized spacial score (nSPS) is 19.1. The smallest absolute Gasteiger partial charge is 0.127 e. The molecule has 21 heteroatoms. The topological polar surface area (TPSA) is 290 Å². The largest absolute Gasteiger partial charge is 0.490 e. The van der Waals surface area contributed by atoms with Gasteiger partial charge in [0, 0.05) is 161 Å². The van der Waals surface area contributed by atoms with Crippen LogP contribution in [0, 0.1) is 0 Å². The predicted molar refractivity (Wildman–Crippen MR) is 550 cm³/mol. The molecule has 133 heavy (non-hydrogen) atoms. The van der Waals surface area contributed by atoms with Gasteiger partial charge < -0.3 is 106 Å². The van der Waals surface area contributed by atoms with Crippen LogP contribution in [-0.4, -0.2) is 213 Å². The van der Waals surface area contributed by atoms with Crippen molar-refractivity contribution in [2.24, 2.45) is 0 Å². The molecule has 0 aliphatic heterocycles. The number of benzene rings is 14. The van der Waals surface area contributed by atoms with Crippen molar-refractivity contribution in [2.45, 2.75) is 181 Å². The lowest BCUT2D eigenvalue weighted by Crippen LogP contribution is -2.35. The van der Waals surface area contributed by atoms with Gasteiger partial charge in [0.15, 0.2) is 0 Å². The average molecular weight is 1850 g/mol. The maximum atomic E-state index is 10.2. The van der Waals surface area contributed by atoms with Crippen LogP contribution in [-0.2, 0) is 0 Å². The Bertz CT molecular complexity index is 6990. The van der Waals surface area contributed by atoms with E-state index in [4.69, 9.17) is 78.4 Å². The van der Waals surface area contributed by atoms with Gasteiger partial charge in [-0.1, -0.05) is 351 Å². The Morgan fingerprint density at radius 3 is 0.677 bits per heavy atom. The number of aliphatic hydroxyl groups is 7. The standard InChI is InChI=1S/7C16H21NO2/c7*1-12(2)17-10-14(18)11-19-16-9-5-7-13-6-3-4-8-15(13)16/h7*3-9,12,14,17-18H,10-11H2,1-2H3/i1D3,2D3,14D;1D3,2D3,11D2;1D3,14D;1D3,11D2;1D3,10D2;14D;1D3. The van der Waals surface area contributed by atoms with E-state index < -0.39 is 173 Å². The molecule has 0 aliphatic rings. The fourth-order valence-electron chi connectivity index (χ4n) is 12.5. The van der Waals surface area contributed by atoms with E-state index in [2.05, 4.69) is 37.2 Å². The van der Waals surface area contributed by atoms with E-state index >= 15 is 0 Å². The number of hydrogen-bond donors (Lipinski definition) is 14. The van der Waals surface area contributed by atoms with Crippen molar-refractivity contribution >= 4 is 75.4 Å². The second kappa shape index (κ2) is 59.5. The predicted octanol–water partition coefficient (Wildman–Crippen LogP) is 18.0. The second-order valence-electron chi connectivity index (χ2n) is 30.7. The van der Waals surface area contributed by atoms with Gasteiger partial charge in [-0.25, -0.2) is 0 Å². The van der Waals surface area contributed by atoms with Crippen LogP contribution in [0.25, 0.3) is 75.4 Å². The van der Waals surface area contributed by atoms with E-state index in [9.17, 15) is 35.7 Å². The van der Waals surface area contributed by atoms with Crippen LogP contribution >= 0.6 is 0 Å². The van der Waals surface area contributed by atoms with E-state index in [1.165, 1.54) is 20.8 Å². The van der Waals surface area contributed by atoms with E-state index in [0.717, 1.165) is 70.0 Å². The zero-order valence-corrected chi connectivity index (χ0v) is 75.4. The van der Waals surface area contributed by atoms with Crippen LogP contribution in [0.1, 0.15) is 142 Å². The summed E-state index contributed by atoms with van der Waals surface area (Å²) in [6.07, 6.45) is -11.4. The summed E-state index contributed by atoms with van der Waals surface area (Å²) in [5.41, 5.74) is 0. The quantitative estimate of drug-likeness (QED) is 0.0169. The third-order valence-corrected chi connectivity index (χ3v) is 19.0. The highest BCUT2D eigenvalue weighted by Gasteiger charge is 2.16. The minimum Gasteiger partial charge on any atom is -0.490 e. The minimum absolute atomic E-state index is 0.0687. The minimum atomic E-state index is -2.84. The molecular weight excluding hydrogens is 1670 g/mol. The number of rotatable bonds is 42. The van der Waals surface area contributed by atoms with Gasteiger partial charge in [-0.2, -0.15) is 0 Å². The lowest BCUT2D eigenvalue weighted by atomic mass is 10.1. The fraction of sp³-hybridized carbons (Fsp3) is 0.375. The van der Waals surface area contributed by atoms with E-state index in [-0.39, 0.29) is 64.4 Å². The Morgan fingerprint density at radius 2 is 0.414 bits per heavy atom. The lowest BCUT2D eigenvalue weighted by Gasteiger charge is -2.15. The number of hydrogen-bond acceptors (Lipinski definition) is 21. The van der Waals surface area contributed by atoms with E-state index in [1.807, 2.05) is 250 Å². The first-order valence-electron chi connectivity index (χ1n) is 59.9. The molecule has 0 heterocycles. The Morgan fingerprint density at radius 1 is 0.218 bits per heavy atom. The van der Waals surface area contributed by atoms with Gasteiger partial charge in [0.2, 0.25) is 0 Å². The molecule has 0 aliphatic carbocycles. The average Bonchev–Trinajstić information content (AvgIpc) is 0.796. The molecule has 0 amide bonds. The highest BCUT2D eigenvalue weighted by atomic mass is 16.5. The first-order valence-corrected chi connectivity index (χ1v) is 43.4. The van der Waals surface area contributed by atoms with Gasteiger partial charge in [0.1, 0.15) is 129 Å². The molecule has 14 aromatic rings. The van der Waals surface area contributed by atoms with Crippen molar-refractivity contribution in [3.8, 4) is 40.2 Å². The summed E-state index contributed by atoms with van der Waals surface area (Å²) in [7, 11) is 0. The maximum absolute atomic E-state index is 10.2. The summed E-state index contributed by atoms with van der Waals surface area (Å²) in [6, 6.07) is 84.3. The highest BCUT2D eigenvalue weighted by molar-refractivity contribution is 5.93. The van der Waals surface area contributed by atoms with Crippen molar-refractivity contribution in [1.29, 1.82) is 0 Å². The maximum Gasteiger partial charge on any atom is 0.127 e. The molecule has 11 unspecified atom stereocenters. The molecule has 11 atom stereocenters. The molecule has 0 spiro atoms. The molecule has 0 saturated heterocycles. The summed E-state index contributed by atoms with van der Waals surface area (Å²) in [5.74, 6) is 3.52. The number of aliphatic hydroxyl groups excluding tert-OH is 4. The zero-order valence-electron chi connectivity index (χ0n) is 108. The summed E-state index contributed by atoms with van der Waals surface area (Å²) < 4.78 is 285. The molecule has 714 valence electrons. The third kappa shape index (κ3) is 40.3. The number of fused-ring (bicyclic) bond motifs is 7. The molecule has 0 fully saturated rings. The molecule has 0 bridgehead atoms. The second-order valence-corrected chi connectivity index (χ2v) is 30.7. The Labute approximate surface area is 834 Å². The van der Waals surface area contributed by atoms with Crippen LogP contribution in [0.5, 0.6) is 40.2 Å². The summed E-state index contributed by atoms with van der Waals surface area (Å²) in [4.78, 5) is 0. The molecule has 0 saturated carbocycles. The van der Waals surface area contributed by atoms with Crippen LogP contribution < -0.4 is 70.4 Å².